The van der Waals surface area contributed by atoms with E-state index >= 15 is 0 Å². The number of hydrogen-bond acceptors (Lipinski definition) is 4. The van der Waals surface area contributed by atoms with Crippen molar-refractivity contribution < 1.29 is 26.4 Å². The minimum absolute atomic E-state index is 0.0892. The Bertz CT molecular complexity index is 1190. The molecule has 0 aliphatic carbocycles. The van der Waals surface area contributed by atoms with E-state index in [0.717, 1.165) is 10.7 Å². The van der Waals surface area contributed by atoms with Crippen LogP contribution in [-0.4, -0.2) is 24.1 Å². The van der Waals surface area contributed by atoms with Gasteiger partial charge in [0, 0.05) is 5.69 Å². The van der Waals surface area contributed by atoms with E-state index in [9.17, 15) is 26.4 Å². The van der Waals surface area contributed by atoms with Crippen LogP contribution in [0.5, 0.6) is 0 Å². The number of para-hydroxylation sites is 1. The standard InChI is InChI=1S/C18H13ClF3N3O3S/c1-11-10-14(17(26)24-29(27,28)16-9-5-3-7-13(16)19)23-25(11)15-8-4-2-6-12(15)18(20,21)22/h2-10H,1H3,(H,24,26). The Balaban J connectivity index is 1.96. The molecule has 0 saturated heterocycles. The van der Waals surface area contributed by atoms with Gasteiger partial charge in [-0.1, -0.05) is 35.9 Å². The molecule has 0 aliphatic rings. The van der Waals surface area contributed by atoms with Gasteiger partial charge in [0.15, 0.2) is 5.69 Å². The van der Waals surface area contributed by atoms with Gasteiger partial charge in [0.2, 0.25) is 0 Å². The van der Waals surface area contributed by atoms with Gasteiger partial charge in [-0.05, 0) is 37.3 Å². The van der Waals surface area contributed by atoms with E-state index in [4.69, 9.17) is 11.6 Å². The van der Waals surface area contributed by atoms with E-state index in [0.29, 0.717) is 0 Å². The molecule has 1 N–H and O–H groups in total. The molecule has 0 bridgehead atoms. The van der Waals surface area contributed by atoms with Gasteiger partial charge in [0.1, 0.15) is 4.90 Å². The van der Waals surface area contributed by atoms with E-state index in [1.807, 2.05) is 4.72 Å². The molecule has 0 unspecified atom stereocenters. The molecular weight excluding hydrogens is 431 g/mol. The van der Waals surface area contributed by atoms with E-state index in [1.165, 1.54) is 55.5 Å². The molecule has 11 heteroatoms. The van der Waals surface area contributed by atoms with Crippen molar-refractivity contribution in [2.45, 2.75) is 18.0 Å². The molecule has 0 radical (unpaired) electrons. The van der Waals surface area contributed by atoms with E-state index in [-0.39, 0.29) is 27.0 Å². The van der Waals surface area contributed by atoms with Crippen LogP contribution in [0.25, 0.3) is 5.69 Å². The number of aromatic nitrogens is 2. The number of aryl methyl sites for hydroxylation is 1. The molecule has 3 aromatic rings. The number of carbonyl (C=O) groups excluding carboxylic acids is 1. The lowest BCUT2D eigenvalue weighted by molar-refractivity contribution is -0.137. The molecule has 152 valence electrons. The number of rotatable bonds is 4. The normalized spacial score (nSPS) is 12.0. The molecule has 0 spiro atoms. The number of nitrogens with zero attached hydrogens (tertiary/aromatic N) is 2. The summed E-state index contributed by atoms with van der Waals surface area (Å²) in [5, 5.41) is 3.77. The number of carbonyl (C=O) groups is 1. The van der Waals surface area contributed by atoms with Crippen LogP contribution in [0.1, 0.15) is 21.7 Å². The number of hydrogen-bond donors (Lipinski definition) is 1. The Morgan fingerprint density at radius 1 is 1.10 bits per heavy atom. The van der Waals surface area contributed by atoms with Gasteiger partial charge in [-0.25, -0.2) is 17.8 Å². The van der Waals surface area contributed by atoms with Crippen LogP contribution in [0.4, 0.5) is 13.2 Å². The van der Waals surface area contributed by atoms with Crippen LogP contribution in [0.3, 0.4) is 0 Å². The molecule has 3 rings (SSSR count). The third-order valence-electron chi connectivity index (χ3n) is 3.91. The van der Waals surface area contributed by atoms with E-state index in [2.05, 4.69) is 5.10 Å². The first-order valence-corrected chi connectivity index (χ1v) is 9.92. The second-order valence-corrected chi connectivity index (χ2v) is 8.02. The summed E-state index contributed by atoms with van der Waals surface area (Å²) in [6, 6.07) is 11.4. The van der Waals surface area contributed by atoms with Gasteiger partial charge >= 0.3 is 6.18 Å². The van der Waals surface area contributed by atoms with Gasteiger partial charge in [-0.3, -0.25) is 4.79 Å². The predicted molar refractivity (Wildman–Crippen MR) is 99.4 cm³/mol. The largest absolute Gasteiger partial charge is 0.418 e. The lowest BCUT2D eigenvalue weighted by Crippen LogP contribution is -2.31. The smallest absolute Gasteiger partial charge is 0.266 e. The summed E-state index contributed by atoms with van der Waals surface area (Å²) in [5.74, 6) is -1.10. The van der Waals surface area contributed by atoms with Crippen molar-refractivity contribution in [3.05, 3.63) is 76.6 Å². The van der Waals surface area contributed by atoms with Gasteiger partial charge in [-0.2, -0.15) is 18.3 Å². The van der Waals surface area contributed by atoms with Crippen LogP contribution < -0.4 is 4.72 Å². The van der Waals surface area contributed by atoms with Crippen molar-refractivity contribution >= 4 is 27.5 Å². The average molecular weight is 444 g/mol. The molecular formula is C18H13ClF3N3O3S. The fourth-order valence-electron chi connectivity index (χ4n) is 2.62. The fourth-order valence-corrected chi connectivity index (χ4v) is 4.10. The second-order valence-electron chi connectivity index (χ2n) is 5.96. The molecule has 29 heavy (non-hydrogen) atoms. The van der Waals surface area contributed by atoms with Crippen molar-refractivity contribution in [1.82, 2.24) is 14.5 Å². The summed E-state index contributed by atoms with van der Waals surface area (Å²) in [6.07, 6.45) is -4.63. The summed E-state index contributed by atoms with van der Waals surface area (Å²) < 4.78 is 67.3. The molecule has 0 aliphatic heterocycles. The van der Waals surface area contributed by atoms with Crippen LogP contribution in [0.2, 0.25) is 5.02 Å². The maximum Gasteiger partial charge on any atom is 0.418 e. The highest BCUT2D eigenvalue weighted by Gasteiger charge is 2.34. The maximum absolute atomic E-state index is 13.3. The quantitative estimate of drug-likeness (QED) is 0.661. The zero-order chi connectivity index (χ0) is 21.4. The lowest BCUT2D eigenvalue weighted by atomic mass is 10.1. The SMILES string of the molecule is Cc1cc(C(=O)NS(=O)(=O)c2ccccc2Cl)nn1-c1ccccc1C(F)(F)F. The summed E-state index contributed by atoms with van der Waals surface area (Å²) in [7, 11) is -4.30. The van der Waals surface area contributed by atoms with Gasteiger partial charge < -0.3 is 0 Å². The highest BCUT2D eigenvalue weighted by molar-refractivity contribution is 7.90. The van der Waals surface area contributed by atoms with Crippen molar-refractivity contribution in [2.24, 2.45) is 0 Å². The predicted octanol–water partition coefficient (Wildman–Crippen LogP) is 3.97. The Morgan fingerprint density at radius 3 is 2.38 bits per heavy atom. The number of alkyl halides is 3. The highest BCUT2D eigenvalue weighted by Crippen LogP contribution is 2.34. The minimum Gasteiger partial charge on any atom is -0.266 e. The van der Waals surface area contributed by atoms with Crippen molar-refractivity contribution in [3.8, 4) is 5.69 Å². The van der Waals surface area contributed by atoms with Crippen LogP contribution >= 0.6 is 11.6 Å². The van der Waals surface area contributed by atoms with E-state index in [1.54, 1.807) is 0 Å². The summed E-state index contributed by atoms with van der Waals surface area (Å²) in [6.45, 7) is 1.44. The molecule has 0 atom stereocenters. The number of nitrogens with one attached hydrogen (secondary N) is 1. The summed E-state index contributed by atoms with van der Waals surface area (Å²) in [5.41, 5.74) is -1.38. The summed E-state index contributed by atoms with van der Waals surface area (Å²) >= 11 is 5.85. The van der Waals surface area contributed by atoms with Crippen molar-refractivity contribution in [1.29, 1.82) is 0 Å². The second kappa shape index (κ2) is 7.53. The Labute approximate surface area is 169 Å². The maximum atomic E-state index is 13.3. The Morgan fingerprint density at radius 2 is 1.72 bits per heavy atom. The molecule has 0 saturated carbocycles. The molecule has 1 amide bonds. The van der Waals surface area contributed by atoms with Gasteiger partial charge in [-0.15, -0.1) is 0 Å². The molecule has 6 nitrogen and oxygen atoms in total. The number of amides is 1. The first-order valence-electron chi connectivity index (χ1n) is 8.05. The molecule has 2 aromatic carbocycles. The number of sulfonamides is 1. The fraction of sp³-hybridized carbons (Fsp3) is 0.111. The van der Waals surface area contributed by atoms with Gasteiger partial charge in [0.25, 0.3) is 15.9 Å². The third kappa shape index (κ3) is 4.28. The van der Waals surface area contributed by atoms with Crippen molar-refractivity contribution in [3.63, 3.8) is 0 Å². The topological polar surface area (TPSA) is 81.1 Å². The molecule has 1 aromatic heterocycles. The first kappa shape index (κ1) is 20.9. The zero-order valence-electron chi connectivity index (χ0n) is 14.7. The third-order valence-corrected chi connectivity index (χ3v) is 5.74. The number of halogens is 4. The van der Waals surface area contributed by atoms with Gasteiger partial charge in [0.05, 0.1) is 16.3 Å². The van der Waals surface area contributed by atoms with Crippen LogP contribution in [-0.2, 0) is 16.2 Å². The highest BCUT2D eigenvalue weighted by atomic mass is 35.5. The first-order chi connectivity index (χ1) is 13.5. The zero-order valence-corrected chi connectivity index (χ0v) is 16.3. The molecule has 1 heterocycles. The minimum atomic E-state index is -4.63. The lowest BCUT2D eigenvalue weighted by Gasteiger charge is -2.13. The average Bonchev–Trinajstić information content (AvgIpc) is 3.03. The number of benzene rings is 2. The van der Waals surface area contributed by atoms with Crippen LogP contribution in [0.15, 0.2) is 59.5 Å². The monoisotopic (exact) mass is 443 g/mol. The Hall–Kier alpha value is -2.85. The van der Waals surface area contributed by atoms with Crippen molar-refractivity contribution in [2.75, 3.05) is 0 Å². The summed E-state index contributed by atoms with van der Waals surface area (Å²) in [4.78, 5) is 12.1. The van der Waals surface area contributed by atoms with E-state index < -0.39 is 27.7 Å². The van der Waals surface area contributed by atoms with Crippen LogP contribution in [0, 0.1) is 6.92 Å². The molecule has 0 fully saturated rings. The Kier molecular flexibility index (Phi) is 5.42.